The zero-order valence-electron chi connectivity index (χ0n) is 10.6. The van der Waals surface area contributed by atoms with E-state index >= 15 is 0 Å². The van der Waals surface area contributed by atoms with Crippen molar-refractivity contribution in [1.29, 1.82) is 0 Å². The fourth-order valence-electron chi connectivity index (χ4n) is 2.57. The molecule has 1 unspecified atom stereocenters. The molecular weight excluding hydrogens is 218 g/mol. The standard InChI is InChI=1S/C12H23N3O2/c1-15-5-2-10(9-15)8-14-11(16)12(13)3-6-17-7-4-12/h10H,2-9,13H2,1H3,(H,14,16). The number of rotatable bonds is 3. The van der Waals surface area contributed by atoms with Crippen molar-refractivity contribution < 1.29 is 9.53 Å². The molecule has 98 valence electrons. The SMILES string of the molecule is CN1CCC(CNC(=O)C2(N)CCOCC2)C1. The van der Waals surface area contributed by atoms with Gasteiger partial charge in [-0.1, -0.05) is 0 Å². The Bertz CT molecular complexity index is 277. The van der Waals surface area contributed by atoms with E-state index in [1.54, 1.807) is 0 Å². The molecule has 1 atom stereocenters. The summed E-state index contributed by atoms with van der Waals surface area (Å²) in [5.41, 5.74) is 5.41. The van der Waals surface area contributed by atoms with E-state index in [-0.39, 0.29) is 5.91 Å². The van der Waals surface area contributed by atoms with Crippen LogP contribution in [0, 0.1) is 5.92 Å². The highest BCUT2D eigenvalue weighted by atomic mass is 16.5. The predicted octanol–water partition coefficient (Wildman–Crippen LogP) is -0.438. The van der Waals surface area contributed by atoms with Crippen molar-refractivity contribution in [2.45, 2.75) is 24.8 Å². The molecular formula is C12H23N3O2. The number of likely N-dealkylation sites (tertiary alicyclic amines) is 1. The number of nitrogens with two attached hydrogens (primary N) is 1. The second kappa shape index (κ2) is 5.33. The smallest absolute Gasteiger partial charge is 0.240 e. The number of nitrogens with one attached hydrogen (secondary N) is 1. The summed E-state index contributed by atoms with van der Waals surface area (Å²) in [6.45, 7) is 4.14. The van der Waals surface area contributed by atoms with Crippen LogP contribution in [0.15, 0.2) is 0 Å². The van der Waals surface area contributed by atoms with Gasteiger partial charge in [-0.2, -0.15) is 0 Å². The fourth-order valence-corrected chi connectivity index (χ4v) is 2.57. The number of amides is 1. The lowest BCUT2D eigenvalue weighted by Gasteiger charge is -2.32. The lowest BCUT2D eigenvalue weighted by atomic mass is 9.90. The molecule has 5 nitrogen and oxygen atoms in total. The van der Waals surface area contributed by atoms with Gasteiger partial charge in [-0.3, -0.25) is 4.79 Å². The van der Waals surface area contributed by atoms with Crippen molar-refractivity contribution in [1.82, 2.24) is 10.2 Å². The molecule has 2 rings (SSSR count). The average molecular weight is 241 g/mol. The molecule has 2 aliphatic heterocycles. The number of hydrogen-bond acceptors (Lipinski definition) is 4. The quantitative estimate of drug-likeness (QED) is 0.703. The van der Waals surface area contributed by atoms with E-state index in [9.17, 15) is 4.79 Å². The molecule has 2 heterocycles. The van der Waals surface area contributed by atoms with E-state index in [4.69, 9.17) is 10.5 Å². The lowest BCUT2D eigenvalue weighted by Crippen LogP contribution is -2.57. The largest absolute Gasteiger partial charge is 0.381 e. The van der Waals surface area contributed by atoms with Gasteiger partial charge in [0.2, 0.25) is 5.91 Å². The number of carbonyl (C=O) groups excluding carboxylic acids is 1. The molecule has 0 bridgehead atoms. The molecule has 0 aliphatic carbocycles. The molecule has 2 saturated heterocycles. The molecule has 2 fully saturated rings. The van der Waals surface area contributed by atoms with Gasteiger partial charge in [-0.15, -0.1) is 0 Å². The fraction of sp³-hybridized carbons (Fsp3) is 0.917. The minimum Gasteiger partial charge on any atom is -0.381 e. The highest BCUT2D eigenvalue weighted by Gasteiger charge is 2.36. The van der Waals surface area contributed by atoms with Gasteiger partial charge < -0.3 is 20.7 Å². The molecule has 1 amide bonds. The summed E-state index contributed by atoms with van der Waals surface area (Å²) in [5.74, 6) is 0.572. The van der Waals surface area contributed by atoms with Crippen LogP contribution in [-0.2, 0) is 9.53 Å². The normalized spacial score (nSPS) is 29.2. The van der Waals surface area contributed by atoms with Gasteiger partial charge in [-0.05, 0) is 38.8 Å². The van der Waals surface area contributed by atoms with E-state index in [1.165, 1.54) is 0 Å². The van der Waals surface area contributed by atoms with E-state index in [1.807, 2.05) is 0 Å². The van der Waals surface area contributed by atoms with Crippen LogP contribution in [0.5, 0.6) is 0 Å². The first-order valence-electron chi connectivity index (χ1n) is 6.44. The van der Waals surface area contributed by atoms with Gasteiger partial charge in [0.05, 0.1) is 5.54 Å². The Hall–Kier alpha value is -0.650. The summed E-state index contributed by atoms with van der Waals surface area (Å²) >= 11 is 0. The molecule has 0 spiro atoms. The summed E-state index contributed by atoms with van der Waals surface area (Å²) in [5, 5.41) is 3.01. The topological polar surface area (TPSA) is 67.6 Å². The number of nitrogens with zero attached hydrogens (tertiary/aromatic N) is 1. The first kappa shape index (κ1) is 12.8. The summed E-state index contributed by atoms with van der Waals surface area (Å²) in [4.78, 5) is 14.3. The highest BCUT2D eigenvalue weighted by molar-refractivity contribution is 5.86. The Kier molecular flexibility index (Phi) is 4.01. The molecule has 0 aromatic rings. The van der Waals surface area contributed by atoms with E-state index in [0.29, 0.717) is 32.0 Å². The van der Waals surface area contributed by atoms with Crippen molar-refractivity contribution >= 4 is 5.91 Å². The number of hydrogen-bond donors (Lipinski definition) is 2. The zero-order chi connectivity index (χ0) is 12.3. The van der Waals surface area contributed by atoms with E-state index in [0.717, 1.165) is 26.1 Å². The van der Waals surface area contributed by atoms with E-state index in [2.05, 4.69) is 17.3 Å². The van der Waals surface area contributed by atoms with Crippen molar-refractivity contribution in [3.8, 4) is 0 Å². The highest BCUT2D eigenvalue weighted by Crippen LogP contribution is 2.18. The van der Waals surface area contributed by atoms with Crippen LogP contribution in [0.1, 0.15) is 19.3 Å². The molecule has 5 heteroatoms. The van der Waals surface area contributed by atoms with Gasteiger partial charge in [-0.25, -0.2) is 0 Å². The summed E-state index contributed by atoms with van der Waals surface area (Å²) < 4.78 is 5.24. The van der Waals surface area contributed by atoms with E-state index < -0.39 is 5.54 Å². The van der Waals surface area contributed by atoms with Crippen molar-refractivity contribution in [2.75, 3.05) is 39.9 Å². The van der Waals surface area contributed by atoms with Gasteiger partial charge >= 0.3 is 0 Å². The molecule has 2 aliphatic rings. The third kappa shape index (κ3) is 3.18. The zero-order valence-corrected chi connectivity index (χ0v) is 10.6. The van der Waals surface area contributed by atoms with Crippen LogP contribution in [0.25, 0.3) is 0 Å². The first-order chi connectivity index (χ1) is 8.10. The van der Waals surface area contributed by atoms with Crippen LogP contribution in [0.3, 0.4) is 0 Å². The third-order valence-corrected chi connectivity index (χ3v) is 3.88. The van der Waals surface area contributed by atoms with Crippen molar-refractivity contribution in [3.05, 3.63) is 0 Å². The van der Waals surface area contributed by atoms with Crippen LogP contribution in [0.4, 0.5) is 0 Å². The van der Waals surface area contributed by atoms with Crippen LogP contribution in [-0.4, -0.2) is 56.2 Å². The Balaban J connectivity index is 1.76. The Labute approximate surface area is 103 Å². The Morgan fingerprint density at radius 2 is 2.24 bits per heavy atom. The monoisotopic (exact) mass is 241 g/mol. The van der Waals surface area contributed by atoms with Gasteiger partial charge in [0, 0.05) is 26.3 Å². The number of carbonyl (C=O) groups is 1. The first-order valence-corrected chi connectivity index (χ1v) is 6.44. The van der Waals surface area contributed by atoms with Gasteiger partial charge in [0.25, 0.3) is 0 Å². The molecule has 0 aromatic carbocycles. The second-order valence-corrected chi connectivity index (χ2v) is 5.40. The third-order valence-electron chi connectivity index (χ3n) is 3.88. The summed E-state index contributed by atoms with van der Waals surface area (Å²) in [6.07, 6.45) is 2.42. The van der Waals surface area contributed by atoms with Gasteiger partial charge in [0.15, 0.2) is 0 Å². The van der Waals surface area contributed by atoms with Crippen LogP contribution in [0.2, 0.25) is 0 Å². The summed E-state index contributed by atoms with van der Waals surface area (Å²) in [7, 11) is 2.12. The molecule has 0 radical (unpaired) electrons. The maximum absolute atomic E-state index is 12.1. The van der Waals surface area contributed by atoms with Gasteiger partial charge in [0.1, 0.15) is 0 Å². The van der Waals surface area contributed by atoms with Crippen molar-refractivity contribution in [2.24, 2.45) is 11.7 Å². The Morgan fingerprint density at radius 3 is 2.82 bits per heavy atom. The molecule has 0 saturated carbocycles. The maximum atomic E-state index is 12.1. The maximum Gasteiger partial charge on any atom is 0.240 e. The van der Waals surface area contributed by atoms with Crippen molar-refractivity contribution in [3.63, 3.8) is 0 Å². The summed E-state index contributed by atoms with van der Waals surface area (Å²) in [6, 6.07) is 0. The van der Waals surface area contributed by atoms with Crippen LogP contribution >= 0.6 is 0 Å². The minimum absolute atomic E-state index is 0.00430. The lowest BCUT2D eigenvalue weighted by molar-refractivity contribution is -0.129. The van der Waals surface area contributed by atoms with Crippen LogP contribution < -0.4 is 11.1 Å². The molecule has 3 N–H and O–H groups in total. The minimum atomic E-state index is -0.706. The predicted molar refractivity (Wildman–Crippen MR) is 65.6 cm³/mol. The Morgan fingerprint density at radius 1 is 1.53 bits per heavy atom. The number of ether oxygens (including phenoxy) is 1. The average Bonchev–Trinajstić information content (AvgIpc) is 2.73. The molecule has 0 aromatic heterocycles. The second-order valence-electron chi connectivity index (χ2n) is 5.40. The molecule has 17 heavy (non-hydrogen) atoms.